The summed E-state index contributed by atoms with van der Waals surface area (Å²) in [6.07, 6.45) is 0.512. The fourth-order valence-electron chi connectivity index (χ4n) is 3.43. The number of nitrogens with zero attached hydrogens (tertiary/aromatic N) is 4. The average molecular weight is 432 g/mol. The van der Waals surface area contributed by atoms with Crippen LogP contribution in [-0.4, -0.2) is 58.7 Å². The van der Waals surface area contributed by atoms with Gasteiger partial charge in [-0.3, -0.25) is 4.79 Å². The molecule has 0 aliphatic carbocycles. The van der Waals surface area contributed by atoms with Gasteiger partial charge in [0, 0.05) is 18.4 Å². The molecule has 1 fully saturated rings. The Hall–Kier alpha value is -3.08. The van der Waals surface area contributed by atoms with Gasteiger partial charge in [0.2, 0.25) is 11.7 Å². The van der Waals surface area contributed by atoms with E-state index in [0.717, 1.165) is 16.1 Å². The van der Waals surface area contributed by atoms with Gasteiger partial charge in [0.1, 0.15) is 5.71 Å². The van der Waals surface area contributed by atoms with E-state index >= 15 is 0 Å². The second-order valence-corrected chi connectivity index (χ2v) is 9.47. The number of carbonyl (C=O) groups is 2. The molecule has 2 aliphatic rings. The monoisotopic (exact) mass is 432 g/mol. The molecule has 1 amide bonds. The van der Waals surface area contributed by atoms with Crippen molar-refractivity contribution in [1.82, 2.24) is 15.1 Å². The third-order valence-corrected chi connectivity index (χ3v) is 6.78. The SMILES string of the molecule is Cc1ccccc1-c1noc(COC(=O)C2=NN(C3CCS(=O)(=O)C3)C(=O)CC2)n1. The molecule has 30 heavy (non-hydrogen) atoms. The average Bonchev–Trinajstić information content (AvgIpc) is 3.33. The number of esters is 1. The maximum absolute atomic E-state index is 12.4. The standard InChI is InChI=1S/C19H20N4O6S/c1-12-4-2-3-5-14(12)18-20-16(29-22-18)10-28-19(25)15-6-7-17(24)23(21-15)13-8-9-30(26,27)11-13/h2-5,13H,6-11H2,1H3. The first-order chi connectivity index (χ1) is 14.3. The number of aromatic nitrogens is 2. The highest BCUT2D eigenvalue weighted by atomic mass is 32.2. The number of sulfone groups is 1. The largest absolute Gasteiger partial charge is 0.451 e. The van der Waals surface area contributed by atoms with E-state index in [4.69, 9.17) is 9.26 Å². The Morgan fingerprint density at radius 1 is 1.30 bits per heavy atom. The first-order valence-corrected chi connectivity index (χ1v) is 11.3. The zero-order chi connectivity index (χ0) is 21.3. The molecule has 0 radical (unpaired) electrons. The van der Waals surface area contributed by atoms with E-state index in [9.17, 15) is 18.0 Å². The zero-order valence-electron chi connectivity index (χ0n) is 16.3. The Morgan fingerprint density at radius 3 is 2.83 bits per heavy atom. The van der Waals surface area contributed by atoms with Gasteiger partial charge >= 0.3 is 5.97 Å². The summed E-state index contributed by atoms with van der Waals surface area (Å²) in [7, 11) is -3.18. The number of hydrogen-bond donors (Lipinski definition) is 0. The minimum atomic E-state index is -3.18. The summed E-state index contributed by atoms with van der Waals surface area (Å²) >= 11 is 0. The molecule has 1 saturated heterocycles. The molecule has 11 heteroatoms. The van der Waals surface area contributed by atoms with Crippen molar-refractivity contribution in [3.63, 3.8) is 0 Å². The van der Waals surface area contributed by atoms with Crippen LogP contribution in [0.4, 0.5) is 0 Å². The summed E-state index contributed by atoms with van der Waals surface area (Å²) in [4.78, 5) is 28.8. The lowest BCUT2D eigenvalue weighted by Gasteiger charge is -2.27. The molecule has 0 saturated carbocycles. The van der Waals surface area contributed by atoms with Crippen LogP contribution in [-0.2, 0) is 30.8 Å². The van der Waals surface area contributed by atoms with Gasteiger partial charge in [-0.2, -0.15) is 10.1 Å². The molecule has 2 aromatic rings. The summed E-state index contributed by atoms with van der Waals surface area (Å²) in [6.45, 7) is 1.69. The second kappa shape index (κ2) is 7.98. The highest BCUT2D eigenvalue weighted by Crippen LogP contribution is 2.23. The Morgan fingerprint density at radius 2 is 2.10 bits per heavy atom. The van der Waals surface area contributed by atoms with Crippen molar-refractivity contribution in [3.05, 3.63) is 35.7 Å². The fraction of sp³-hybridized carbons (Fsp3) is 0.421. The van der Waals surface area contributed by atoms with Crippen molar-refractivity contribution in [1.29, 1.82) is 0 Å². The summed E-state index contributed by atoms with van der Waals surface area (Å²) in [5.41, 5.74) is 1.87. The Bertz CT molecular complexity index is 1120. The van der Waals surface area contributed by atoms with Crippen molar-refractivity contribution in [3.8, 4) is 11.4 Å². The summed E-state index contributed by atoms with van der Waals surface area (Å²) in [5, 5.41) is 9.11. The number of aryl methyl sites for hydroxylation is 1. The summed E-state index contributed by atoms with van der Waals surface area (Å²) in [6, 6.07) is 7.01. The van der Waals surface area contributed by atoms with E-state index < -0.39 is 21.8 Å². The van der Waals surface area contributed by atoms with Crippen molar-refractivity contribution >= 4 is 27.4 Å². The molecule has 0 bridgehead atoms. The molecule has 1 unspecified atom stereocenters. The number of ether oxygens (including phenoxy) is 1. The first-order valence-electron chi connectivity index (χ1n) is 9.48. The fourth-order valence-corrected chi connectivity index (χ4v) is 5.12. The van der Waals surface area contributed by atoms with E-state index in [1.54, 1.807) is 0 Å². The predicted octanol–water partition coefficient (Wildman–Crippen LogP) is 1.25. The highest BCUT2D eigenvalue weighted by molar-refractivity contribution is 7.91. The molecule has 2 aliphatic heterocycles. The molecule has 158 valence electrons. The first kappa shape index (κ1) is 20.2. The Kier molecular flexibility index (Phi) is 5.37. The van der Waals surface area contributed by atoms with Gasteiger partial charge in [-0.25, -0.2) is 18.2 Å². The third-order valence-electron chi connectivity index (χ3n) is 5.03. The lowest BCUT2D eigenvalue weighted by atomic mass is 10.1. The smallest absolute Gasteiger partial charge is 0.355 e. The van der Waals surface area contributed by atoms with Gasteiger partial charge in [0.25, 0.3) is 5.89 Å². The molecule has 1 aromatic heterocycles. The van der Waals surface area contributed by atoms with Crippen LogP contribution in [0.15, 0.2) is 33.9 Å². The minimum Gasteiger partial charge on any atom is -0.451 e. The van der Waals surface area contributed by atoms with Crippen LogP contribution in [0.1, 0.15) is 30.7 Å². The maximum Gasteiger partial charge on any atom is 0.355 e. The van der Waals surface area contributed by atoms with Crippen LogP contribution < -0.4 is 0 Å². The van der Waals surface area contributed by atoms with Gasteiger partial charge in [-0.15, -0.1) is 0 Å². The quantitative estimate of drug-likeness (QED) is 0.645. The number of hydrazone groups is 1. The van der Waals surface area contributed by atoms with E-state index in [1.165, 1.54) is 0 Å². The molecule has 0 N–H and O–H groups in total. The number of benzene rings is 1. The van der Waals surface area contributed by atoms with Crippen molar-refractivity contribution < 1.29 is 27.3 Å². The van der Waals surface area contributed by atoms with Crippen LogP contribution in [0.5, 0.6) is 0 Å². The third kappa shape index (κ3) is 4.25. The summed E-state index contributed by atoms with van der Waals surface area (Å²) < 4.78 is 33.7. The minimum absolute atomic E-state index is 0.0110. The maximum atomic E-state index is 12.4. The Balaban J connectivity index is 1.41. The normalized spacial score (nSPS) is 20.8. The van der Waals surface area contributed by atoms with Crippen LogP contribution in [0.3, 0.4) is 0 Å². The number of hydrogen-bond acceptors (Lipinski definition) is 9. The van der Waals surface area contributed by atoms with E-state index in [0.29, 0.717) is 12.2 Å². The number of carbonyl (C=O) groups excluding carboxylic acids is 2. The van der Waals surface area contributed by atoms with Gasteiger partial charge in [0.15, 0.2) is 16.4 Å². The predicted molar refractivity (Wildman–Crippen MR) is 105 cm³/mol. The Labute approximate surface area is 172 Å². The molecule has 1 atom stereocenters. The highest BCUT2D eigenvalue weighted by Gasteiger charge is 2.37. The van der Waals surface area contributed by atoms with Crippen LogP contribution >= 0.6 is 0 Å². The molecular formula is C19H20N4O6S. The van der Waals surface area contributed by atoms with Crippen LogP contribution in [0, 0.1) is 6.92 Å². The number of amides is 1. The molecule has 0 spiro atoms. The molecule has 3 heterocycles. The molecule has 1 aromatic carbocycles. The van der Waals surface area contributed by atoms with Crippen molar-refractivity contribution in [2.45, 2.75) is 38.8 Å². The number of rotatable bonds is 5. The van der Waals surface area contributed by atoms with Gasteiger partial charge in [-0.05, 0) is 18.9 Å². The van der Waals surface area contributed by atoms with E-state index in [2.05, 4.69) is 15.2 Å². The van der Waals surface area contributed by atoms with Gasteiger partial charge in [-0.1, -0.05) is 29.4 Å². The molecule has 4 rings (SSSR count). The van der Waals surface area contributed by atoms with Crippen LogP contribution in [0.2, 0.25) is 0 Å². The topological polar surface area (TPSA) is 132 Å². The van der Waals surface area contributed by atoms with Crippen LogP contribution in [0.25, 0.3) is 11.4 Å². The second-order valence-electron chi connectivity index (χ2n) is 7.24. The van der Waals surface area contributed by atoms with E-state index in [-0.39, 0.29) is 48.5 Å². The molecular weight excluding hydrogens is 412 g/mol. The lowest BCUT2D eigenvalue weighted by molar-refractivity contribution is -0.138. The molecule has 10 nitrogen and oxygen atoms in total. The van der Waals surface area contributed by atoms with Gasteiger partial charge in [0.05, 0.1) is 17.5 Å². The van der Waals surface area contributed by atoms with Crippen molar-refractivity contribution in [2.24, 2.45) is 5.10 Å². The lowest BCUT2D eigenvalue weighted by Crippen LogP contribution is -2.42. The van der Waals surface area contributed by atoms with Crippen molar-refractivity contribution in [2.75, 3.05) is 11.5 Å². The van der Waals surface area contributed by atoms with Gasteiger partial charge < -0.3 is 9.26 Å². The zero-order valence-corrected chi connectivity index (χ0v) is 17.1. The van der Waals surface area contributed by atoms with E-state index in [1.807, 2.05) is 31.2 Å². The summed E-state index contributed by atoms with van der Waals surface area (Å²) in [5.74, 6) is -0.607.